The zero-order valence-corrected chi connectivity index (χ0v) is 14.6. The molecule has 0 unspecified atom stereocenters. The first-order chi connectivity index (χ1) is 13.0. The van der Waals surface area contributed by atoms with Crippen LogP contribution in [0.25, 0.3) is 28.2 Å². The second-order valence-corrected chi connectivity index (χ2v) is 6.74. The molecule has 0 radical (unpaired) electrons. The Labute approximate surface area is 155 Å². The molecule has 4 rings (SSSR count). The summed E-state index contributed by atoms with van der Waals surface area (Å²) in [6, 6.07) is 15.2. The zero-order chi connectivity index (χ0) is 19.0. The molecule has 0 fully saturated rings. The fourth-order valence-electron chi connectivity index (χ4n) is 3.60. The molecule has 1 aliphatic carbocycles. The average molecular weight is 369 g/mol. The van der Waals surface area contributed by atoms with Gasteiger partial charge in [-0.05, 0) is 47.7 Å². The number of halogens is 3. The van der Waals surface area contributed by atoms with Gasteiger partial charge in [0.2, 0.25) is 0 Å². The van der Waals surface area contributed by atoms with E-state index in [1.165, 1.54) is 6.08 Å². The van der Waals surface area contributed by atoms with Gasteiger partial charge in [0.1, 0.15) is 0 Å². The number of hydrogen-bond donors (Lipinski definition) is 1. The second kappa shape index (κ2) is 6.82. The summed E-state index contributed by atoms with van der Waals surface area (Å²) in [5.74, 6) is 0. The number of aliphatic hydroxyl groups is 1. The lowest BCUT2D eigenvalue weighted by molar-refractivity contribution is -0.0918. The molecule has 2 nitrogen and oxygen atoms in total. The molecule has 0 spiro atoms. The number of benzene rings is 2. The largest absolute Gasteiger partial charge is 0.413 e. The van der Waals surface area contributed by atoms with Gasteiger partial charge in [0, 0.05) is 29.6 Å². The Morgan fingerprint density at radius 3 is 2.52 bits per heavy atom. The monoisotopic (exact) mass is 369 g/mol. The molecule has 0 bridgehead atoms. The Hall–Kier alpha value is -2.66. The Bertz CT molecular complexity index is 1020. The van der Waals surface area contributed by atoms with Gasteiger partial charge in [0.05, 0.1) is 11.2 Å². The van der Waals surface area contributed by atoms with Gasteiger partial charge in [-0.15, -0.1) is 0 Å². The molecule has 0 aliphatic heterocycles. The Kier molecular flexibility index (Phi) is 4.48. The van der Waals surface area contributed by atoms with Crippen molar-refractivity contribution < 1.29 is 18.3 Å². The molecule has 1 aromatic heterocycles. The molecule has 3 aromatic rings. The van der Waals surface area contributed by atoms with Gasteiger partial charge in [-0.2, -0.15) is 13.2 Å². The van der Waals surface area contributed by atoms with E-state index >= 15 is 0 Å². The first-order valence-electron chi connectivity index (χ1n) is 8.87. The summed E-state index contributed by atoms with van der Waals surface area (Å²) in [5.41, 5.74) is 4.15. The average Bonchev–Trinajstić information content (AvgIpc) is 3.11. The van der Waals surface area contributed by atoms with Gasteiger partial charge in [0.15, 0.2) is 0 Å². The maximum atomic E-state index is 13.1. The van der Waals surface area contributed by atoms with Crippen molar-refractivity contribution in [3.05, 3.63) is 70.8 Å². The van der Waals surface area contributed by atoms with Crippen LogP contribution in [0.3, 0.4) is 0 Å². The summed E-state index contributed by atoms with van der Waals surface area (Å²) < 4.78 is 39.4. The van der Waals surface area contributed by atoms with E-state index in [0.29, 0.717) is 29.5 Å². The molecule has 0 saturated heterocycles. The highest BCUT2D eigenvalue weighted by atomic mass is 19.4. The quantitative estimate of drug-likeness (QED) is 0.674. The molecule has 2 aromatic carbocycles. The minimum atomic E-state index is -4.32. The molecule has 0 atom stereocenters. The van der Waals surface area contributed by atoms with Crippen LogP contribution in [0.2, 0.25) is 0 Å². The van der Waals surface area contributed by atoms with Crippen molar-refractivity contribution in [2.45, 2.75) is 25.4 Å². The van der Waals surface area contributed by atoms with E-state index in [9.17, 15) is 18.3 Å². The minimum absolute atomic E-state index is 0.0529. The van der Waals surface area contributed by atoms with Crippen molar-refractivity contribution in [3.8, 4) is 11.3 Å². The van der Waals surface area contributed by atoms with Crippen LogP contribution in [0.1, 0.15) is 23.1 Å². The summed E-state index contributed by atoms with van der Waals surface area (Å²) in [6.07, 6.45) is -1.98. The fraction of sp³-hybridized carbons (Fsp3) is 0.227. The third kappa shape index (κ3) is 3.35. The lowest BCUT2D eigenvalue weighted by atomic mass is 9.97. The first kappa shape index (κ1) is 17.7. The summed E-state index contributed by atoms with van der Waals surface area (Å²) >= 11 is 0. The van der Waals surface area contributed by atoms with E-state index in [4.69, 9.17) is 4.98 Å². The predicted octanol–water partition coefficient (Wildman–Crippen LogP) is 5.33. The van der Waals surface area contributed by atoms with E-state index < -0.39 is 11.7 Å². The van der Waals surface area contributed by atoms with Crippen LogP contribution >= 0.6 is 0 Å². The molecule has 1 N–H and O–H groups in total. The number of nitrogens with zero attached hydrogens (tertiary/aromatic N) is 1. The minimum Gasteiger partial charge on any atom is -0.396 e. The molecule has 138 valence electrons. The maximum Gasteiger partial charge on any atom is 0.413 e. The van der Waals surface area contributed by atoms with Crippen molar-refractivity contribution in [1.82, 2.24) is 4.98 Å². The normalized spacial score (nSPS) is 13.7. The third-order valence-electron chi connectivity index (χ3n) is 4.92. The van der Waals surface area contributed by atoms with Crippen LogP contribution in [0.5, 0.6) is 0 Å². The van der Waals surface area contributed by atoms with Crippen LogP contribution in [0, 0.1) is 0 Å². The lowest BCUT2D eigenvalue weighted by Gasteiger charge is -2.13. The van der Waals surface area contributed by atoms with Crippen LogP contribution in [0.4, 0.5) is 13.2 Å². The lowest BCUT2D eigenvalue weighted by Crippen LogP contribution is -2.11. The second-order valence-electron chi connectivity index (χ2n) is 6.74. The van der Waals surface area contributed by atoms with Gasteiger partial charge in [-0.25, -0.2) is 4.98 Å². The molecule has 27 heavy (non-hydrogen) atoms. The number of pyridine rings is 1. The van der Waals surface area contributed by atoms with Crippen molar-refractivity contribution in [1.29, 1.82) is 0 Å². The summed E-state index contributed by atoms with van der Waals surface area (Å²) in [5, 5.41) is 9.96. The summed E-state index contributed by atoms with van der Waals surface area (Å²) in [4.78, 5) is 4.77. The first-order valence-corrected chi connectivity index (χ1v) is 8.87. The molecule has 0 amide bonds. The van der Waals surface area contributed by atoms with Crippen LogP contribution in [-0.2, 0) is 12.8 Å². The van der Waals surface area contributed by atoms with Crippen LogP contribution in [-0.4, -0.2) is 22.9 Å². The van der Waals surface area contributed by atoms with Gasteiger partial charge in [0.25, 0.3) is 0 Å². The topological polar surface area (TPSA) is 33.1 Å². The summed E-state index contributed by atoms with van der Waals surface area (Å²) in [6.45, 7) is 0.0529. The van der Waals surface area contributed by atoms with Crippen LogP contribution < -0.4 is 0 Å². The van der Waals surface area contributed by atoms with Crippen LogP contribution in [0.15, 0.2) is 54.1 Å². The SMILES string of the molecule is OCCCc1cc2c3c(ccc2nc1-c1ccccc1)CC(C(F)(F)F)=C3. The zero-order valence-electron chi connectivity index (χ0n) is 14.6. The predicted molar refractivity (Wildman–Crippen MR) is 100 cm³/mol. The number of alkyl halides is 3. The van der Waals surface area contributed by atoms with E-state index in [1.807, 2.05) is 36.4 Å². The number of aromatic nitrogens is 1. The van der Waals surface area contributed by atoms with Gasteiger partial charge in [-0.1, -0.05) is 36.4 Å². The Balaban J connectivity index is 1.91. The number of allylic oxidation sites excluding steroid dienone is 1. The third-order valence-corrected chi connectivity index (χ3v) is 4.92. The van der Waals surface area contributed by atoms with E-state index in [0.717, 1.165) is 22.2 Å². The van der Waals surface area contributed by atoms with Crippen molar-refractivity contribution in [3.63, 3.8) is 0 Å². The standard InChI is InChI=1S/C22H18F3NO/c23-22(24,25)17-11-15-8-9-20-19(18(15)13-17)12-16(7-4-10-27)21(26-20)14-5-2-1-3-6-14/h1-3,5-6,8-9,12-13,27H,4,7,10-11H2. The van der Waals surface area contributed by atoms with E-state index in [1.54, 1.807) is 12.1 Å². The van der Waals surface area contributed by atoms with Crippen molar-refractivity contribution in [2.24, 2.45) is 0 Å². The number of aliphatic hydroxyl groups excluding tert-OH is 1. The summed E-state index contributed by atoms with van der Waals surface area (Å²) in [7, 11) is 0. The highest BCUT2D eigenvalue weighted by Crippen LogP contribution is 2.39. The maximum absolute atomic E-state index is 13.1. The highest BCUT2D eigenvalue weighted by Gasteiger charge is 2.36. The van der Waals surface area contributed by atoms with E-state index in [2.05, 4.69) is 0 Å². The fourth-order valence-corrected chi connectivity index (χ4v) is 3.60. The number of fused-ring (bicyclic) bond motifs is 3. The van der Waals surface area contributed by atoms with Gasteiger partial charge >= 0.3 is 6.18 Å². The Morgan fingerprint density at radius 1 is 1.04 bits per heavy atom. The number of rotatable bonds is 4. The highest BCUT2D eigenvalue weighted by molar-refractivity contribution is 5.94. The Morgan fingerprint density at radius 2 is 1.81 bits per heavy atom. The molecule has 1 aliphatic rings. The molecular formula is C22H18F3NO. The molecule has 5 heteroatoms. The number of aryl methyl sites for hydroxylation is 1. The van der Waals surface area contributed by atoms with Gasteiger partial charge < -0.3 is 5.11 Å². The smallest absolute Gasteiger partial charge is 0.396 e. The van der Waals surface area contributed by atoms with E-state index in [-0.39, 0.29) is 13.0 Å². The number of hydrogen-bond acceptors (Lipinski definition) is 2. The molecule has 0 saturated carbocycles. The molecular weight excluding hydrogens is 351 g/mol. The van der Waals surface area contributed by atoms with Gasteiger partial charge in [-0.3, -0.25) is 0 Å². The molecule has 1 heterocycles. The van der Waals surface area contributed by atoms with Crippen molar-refractivity contribution >= 4 is 17.0 Å². The van der Waals surface area contributed by atoms with Crippen molar-refractivity contribution in [2.75, 3.05) is 6.61 Å².